The number of fused-ring (bicyclic) bond motifs is 1. The molecule has 80 valence electrons. The lowest BCUT2D eigenvalue weighted by Gasteiger charge is -2.05. The molecule has 0 atom stereocenters. The summed E-state index contributed by atoms with van der Waals surface area (Å²) in [5.74, 6) is 1.30. The minimum absolute atomic E-state index is 0.481. The summed E-state index contributed by atoms with van der Waals surface area (Å²) >= 11 is 0. The molecule has 6 nitrogen and oxygen atoms in total. The number of rotatable bonds is 1. The molecule has 0 fully saturated rings. The average molecular weight is 214 g/mol. The van der Waals surface area contributed by atoms with Crippen molar-refractivity contribution in [3.05, 3.63) is 36.3 Å². The van der Waals surface area contributed by atoms with E-state index in [1.54, 1.807) is 21.5 Å². The molecule has 0 saturated heterocycles. The van der Waals surface area contributed by atoms with Crippen molar-refractivity contribution in [2.24, 2.45) is 0 Å². The zero-order chi connectivity index (χ0) is 11.1. The van der Waals surface area contributed by atoms with Crippen molar-refractivity contribution in [3.63, 3.8) is 0 Å². The van der Waals surface area contributed by atoms with Crippen LogP contribution in [-0.2, 0) is 0 Å². The fraction of sp³-hybridized carbons (Fsp3) is 0.100. The quantitative estimate of drug-likeness (QED) is 0.650. The van der Waals surface area contributed by atoms with Crippen molar-refractivity contribution in [1.29, 1.82) is 0 Å². The number of nitrogens with zero attached hydrogens (tertiary/aromatic N) is 5. The van der Waals surface area contributed by atoms with Crippen LogP contribution in [0.25, 0.3) is 11.5 Å². The van der Waals surface area contributed by atoms with Gasteiger partial charge in [0.25, 0.3) is 0 Å². The van der Waals surface area contributed by atoms with E-state index in [0.717, 1.165) is 17.0 Å². The molecule has 3 rings (SSSR count). The minimum Gasteiger partial charge on any atom is -0.382 e. The van der Waals surface area contributed by atoms with Crippen LogP contribution in [0.15, 0.2) is 30.7 Å². The molecule has 3 heterocycles. The van der Waals surface area contributed by atoms with Gasteiger partial charge >= 0.3 is 0 Å². The van der Waals surface area contributed by atoms with Gasteiger partial charge in [0, 0.05) is 12.3 Å². The van der Waals surface area contributed by atoms with E-state index in [2.05, 4.69) is 15.2 Å². The van der Waals surface area contributed by atoms with Crippen LogP contribution in [-0.4, -0.2) is 24.4 Å². The summed E-state index contributed by atoms with van der Waals surface area (Å²) in [6.45, 7) is 2.00. The molecule has 3 aromatic rings. The third-order valence-corrected chi connectivity index (χ3v) is 2.35. The fourth-order valence-electron chi connectivity index (χ4n) is 1.66. The molecule has 16 heavy (non-hydrogen) atoms. The van der Waals surface area contributed by atoms with Crippen LogP contribution in [0, 0.1) is 6.92 Å². The molecule has 0 aliphatic heterocycles. The summed E-state index contributed by atoms with van der Waals surface area (Å²) in [6.07, 6.45) is 3.32. The second-order valence-corrected chi connectivity index (χ2v) is 3.61. The predicted molar refractivity (Wildman–Crippen MR) is 59.3 cm³/mol. The highest BCUT2D eigenvalue weighted by Crippen LogP contribution is 2.13. The van der Waals surface area contributed by atoms with Gasteiger partial charge in [-0.05, 0) is 24.6 Å². The van der Waals surface area contributed by atoms with Gasteiger partial charge in [0.05, 0.1) is 0 Å². The minimum atomic E-state index is 0.481. The van der Waals surface area contributed by atoms with Gasteiger partial charge in [-0.2, -0.15) is 9.61 Å². The number of hydrogen-bond donors (Lipinski definition) is 1. The zero-order valence-corrected chi connectivity index (χ0v) is 8.70. The van der Waals surface area contributed by atoms with Crippen LogP contribution in [0.2, 0.25) is 0 Å². The molecular formula is C10H10N6. The molecule has 2 N–H and O–H groups in total. The molecule has 0 saturated carbocycles. The molecule has 6 heteroatoms. The summed E-state index contributed by atoms with van der Waals surface area (Å²) in [5.41, 5.74) is 7.49. The van der Waals surface area contributed by atoms with Gasteiger partial charge in [0.1, 0.15) is 12.1 Å². The summed E-state index contributed by atoms with van der Waals surface area (Å²) in [7, 11) is 0. The molecule has 0 aromatic carbocycles. The van der Waals surface area contributed by atoms with Crippen LogP contribution in [0.5, 0.6) is 0 Å². The van der Waals surface area contributed by atoms with E-state index in [-0.39, 0.29) is 0 Å². The maximum atomic E-state index is 5.60. The summed E-state index contributed by atoms with van der Waals surface area (Å²) in [5, 5.41) is 8.31. The van der Waals surface area contributed by atoms with E-state index in [1.165, 1.54) is 6.33 Å². The Morgan fingerprint density at radius 2 is 2.19 bits per heavy atom. The molecule has 0 radical (unpaired) electrons. The van der Waals surface area contributed by atoms with Gasteiger partial charge in [-0.25, -0.2) is 9.67 Å². The Labute approximate surface area is 91.3 Å². The van der Waals surface area contributed by atoms with Gasteiger partial charge < -0.3 is 5.73 Å². The third kappa shape index (κ3) is 1.23. The normalized spacial score (nSPS) is 11.1. The van der Waals surface area contributed by atoms with E-state index >= 15 is 0 Å². The van der Waals surface area contributed by atoms with Crippen molar-refractivity contribution < 1.29 is 0 Å². The summed E-state index contributed by atoms with van der Waals surface area (Å²) in [4.78, 5) is 4.15. The number of aryl methyl sites for hydroxylation is 1. The molecule has 0 spiro atoms. The highest BCUT2D eigenvalue weighted by Gasteiger charge is 2.06. The molecule has 0 aliphatic rings. The fourth-order valence-corrected chi connectivity index (χ4v) is 1.66. The smallest absolute Gasteiger partial charge is 0.158 e. The van der Waals surface area contributed by atoms with E-state index in [0.29, 0.717) is 5.82 Å². The lowest BCUT2D eigenvalue weighted by Crippen LogP contribution is -2.05. The van der Waals surface area contributed by atoms with Crippen molar-refractivity contribution in [3.8, 4) is 5.82 Å². The Morgan fingerprint density at radius 1 is 1.31 bits per heavy atom. The monoisotopic (exact) mass is 214 g/mol. The second kappa shape index (κ2) is 3.06. The van der Waals surface area contributed by atoms with Crippen LogP contribution in [0.3, 0.4) is 0 Å². The molecule has 3 aromatic heterocycles. The van der Waals surface area contributed by atoms with E-state index in [1.807, 2.05) is 19.1 Å². The van der Waals surface area contributed by atoms with Crippen molar-refractivity contribution in [2.45, 2.75) is 6.92 Å². The van der Waals surface area contributed by atoms with Crippen LogP contribution < -0.4 is 5.73 Å². The zero-order valence-electron chi connectivity index (χ0n) is 8.70. The predicted octanol–water partition coefficient (Wildman–Crippen LogP) is 0.806. The highest BCUT2D eigenvalue weighted by atomic mass is 15.4. The van der Waals surface area contributed by atoms with Crippen LogP contribution in [0.1, 0.15) is 5.56 Å². The van der Waals surface area contributed by atoms with E-state index in [4.69, 9.17) is 5.73 Å². The van der Waals surface area contributed by atoms with Gasteiger partial charge in [-0.3, -0.25) is 0 Å². The summed E-state index contributed by atoms with van der Waals surface area (Å²) in [6, 6.07) is 5.68. The van der Waals surface area contributed by atoms with E-state index < -0.39 is 0 Å². The average Bonchev–Trinajstić information content (AvgIpc) is 2.84. The van der Waals surface area contributed by atoms with Crippen molar-refractivity contribution >= 4 is 11.5 Å². The van der Waals surface area contributed by atoms with Gasteiger partial charge in [-0.1, -0.05) is 0 Å². The Morgan fingerprint density at radius 3 is 2.94 bits per heavy atom. The standard InChI is InChI=1S/C10H10N6/c1-7-4-9-12-6-13-16(9)10(5-7)15-3-2-8(11)14-15/h2-6H,1H3,(H2,11,14). The van der Waals surface area contributed by atoms with Gasteiger partial charge in [0.2, 0.25) is 0 Å². The summed E-state index contributed by atoms with van der Waals surface area (Å²) < 4.78 is 3.41. The van der Waals surface area contributed by atoms with Crippen LogP contribution >= 0.6 is 0 Å². The Balaban J connectivity index is 2.33. The van der Waals surface area contributed by atoms with Crippen molar-refractivity contribution in [1.82, 2.24) is 24.4 Å². The Bertz CT molecular complexity index is 650. The maximum absolute atomic E-state index is 5.60. The number of aromatic nitrogens is 5. The largest absolute Gasteiger partial charge is 0.382 e. The topological polar surface area (TPSA) is 74.0 Å². The van der Waals surface area contributed by atoms with Crippen LogP contribution in [0.4, 0.5) is 5.82 Å². The highest BCUT2D eigenvalue weighted by molar-refractivity contribution is 5.46. The number of anilines is 1. The number of hydrogen-bond acceptors (Lipinski definition) is 4. The van der Waals surface area contributed by atoms with E-state index in [9.17, 15) is 0 Å². The first-order valence-electron chi connectivity index (χ1n) is 4.86. The molecule has 0 unspecified atom stereocenters. The first kappa shape index (κ1) is 8.90. The van der Waals surface area contributed by atoms with Crippen molar-refractivity contribution in [2.75, 3.05) is 5.73 Å². The van der Waals surface area contributed by atoms with Gasteiger partial charge in [0.15, 0.2) is 11.5 Å². The number of pyridine rings is 1. The lowest BCUT2D eigenvalue weighted by atomic mass is 10.3. The first-order chi connectivity index (χ1) is 7.74. The number of nitrogens with two attached hydrogens (primary N) is 1. The SMILES string of the molecule is Cc1cc(-n2ccc(N)n2)n2ncnc2c1. The Kier molecular flexibility index (Phi) is 1.70. The number of nitrogen functional groups attached to an aromatic ring is 1. The molecule has 0 aliphatic carbocycles. The maximum Gasteiger partial charge on any atom is 0.158 e. The molecule has 0 bridgehead atoms. The second-order valence-electron chi connectivity index (χ2n) is 3.61. The lowest BCUT2D eigenvalue weighted by molar-refractivity contribution is 0.790. The Hall–Kier alpha value is -2.37. The molecular weight excluding hydrogens is 204 g/mol. The molecule has 0 amide bonds. The van der Waals surface area contributed by atoms with Gasteiger partial charge in [-0.15, -0.1) is 5.10 Å². The third-order valence-electron chi connectivity index (χ3n) is 2.35. The first-order valence-corrected chi connectivity index (χ1v) is 4.86.